The first-order valence-corrected chi connectivity index (χ1v) is 5.13. The van der Waals surface area contributed by atoms with Crippen LogP contribution < -0.4 is 0 Å². The van der Waals surface area contributed by atoms with Crippen LogP contribution in [0, 0.1) is 5.82 Å². The fourth-order valence-electron chi connectivity index (χ4n) is 2.18. The average molecular weight is 224 g/mol. The number of hydrogen-bond donors (Lipinski definition) is 1. The predicted molar refractivity (Wildman–Crippen MR) is 55.8 cm³/mol. The minimum absolute atomic E-state index is 0.279. The quantitative estimate of drug-likeness (QED) is 0.833. The average Bonchev–Trinajstić information content (AvgIpc) is 2.28. The SMILES string of the molecule is COC1(C(=O)O)CCc2cc(F)ccc2C1. The molecule has 0 saturated heterocycles. The first-order chi connectivity index (χ1) is 7.57. The third-order valence-electron chi connectivity index (χ3n) is 3.22. The number of fused-ring (bicyclic) bond motifs is 1. The lowest BCUT2D eigenvalue weighted by Gasteiger charge is -2.33. The molecule has 0 heterocycles. The lowest BCUT2D eigenvalue weighted by Crippen LogP contribution is -2.45. The van der Waals surface area contributed by atoms with Crippen LogP contribution >= 0.6 is 0 Å². The molecule has 1 aliphatic carbocycles. The molecule has 2 rings (SSSR count). The Morgan fingerprint density at radius 1 is 1.50 bits per heavy atom. The highest BCUT2D eigenvalue weighted by molar-refractivity contribution is 5.78. The molecular formula is C12H13FO3. The summed E-state index contributed by atoms with van der Waals surface area (Å²) in [6.45, 7) is 0. The van der Waals surface area contributed by atoms with E-state index in [0.29, 0.717) is 19.3 Å². The summed E-state index contributed by atoms with van der Waals surface area (Å²) in [6, 6.07) is 4.46. The van der Waals surface area contributed by atoms with Gasteiger partial charge in [0.15, 0.2) is 5.60 Å². The highest BCUT2D eigenvalue weighted by Gasteiger charge is 2.41. The van der Waals surface area contributed by atoms with Crippen LogP contribution in [0.3, 0.4) is 0 Å². The molecule has 1 N–H and O–H groups in total. The van der Waals surface area contributed by atoms with Gasteiger partial charge in [-0.25, -0.2) is 9.18 Å². The molecule has 0 spiro atoms. The molecule has 4 heteroatoms. The number of hydrogen-bond acceptors (Lipinski definition) is 2. The van der Waals surface area contributed by atoms with Crippen molar-refractivity contribution >= 4 is 5.97 Å². The highest BCUT2D eigenvalue weighted by atomic mass is 19.1. The van der Waals surface area contributed by atoms with Crippen molar-refractivity contribution in [2.24, 2.45) is 0 Å². The van der Waals surface area contributed by atoms with Crippen molar-refractivity contribution in [3.63, 3.8) is 0 Å². The van der Waals surface area contributed by atoms with Gasteiger partial charge in [0.1, 0.15) is 5.82 Å². The lowest BCUT2D eigenvalue weighted by atomic mass is 9.80. The summed E-state index contributed by atoms with van der Waals surface area (Å²) in [7, 11) is 1.41. The second-order valence-corrected chi connectivity index (χ2v) is 4.09. The number of carbonyl (C=O) groups is 1. The van der Waals surface area contributed by atoms with Crippen molar-refractivity contribution in [2.45, 2.75) is 24.9 Å². The van der Waals surface area contributed by atoms with E-state index in [2.05, 4.69) is 0 Å². The van der Waals surface area contributed by atoms with Crippen molar-refractivity contribution in [3.05, 3.63) is 35.1 Å². The van der Waals surface area contributed by atoms with E-state index < -0.39 is 11.6 Å². The number of aliphatic carboxylic acids is 1. The molecule has 1 aliphatic rings. The molecule has 0 radical (unpaired) electrons. The predicted octanol–water partition coefficient (Wildman–Crippen LogP) is 1.78. The standard InChI is InChI=1S/C12H13FO3/c1-16-12(11(14)15)5-4-8-6-10(13)3-2-9(8)7-12/h2-3,6H,4-5,7H2,1H3,(H,14,15). The smallest absolute Gasteiger partial charge is 0.336 e. The molecule has 1 aromatic carbocycles. The zero-order valence-corrected chi connectivity index (χ0v) is 9.00. The maximum Gasteiger partial charge on any atom is 0.336 e. The van der Waals surface area contributed by atoms with Gasteiger partial charge in [0.2, 0.25) is 0 Å². The van der Waals surface area contributed by atoms with Gasteiger partial charge >= 0.3 is 5.97 Å². The Balaban J connectivity index is 2.36. The lowest BCUT2D eigenvalue weighted by molar-refractivity contribution is -0.163. The van der Waals surface area contributed by atoms with Crippen LogP contribution in [0.4, 0.5) is 4.39 Å². The summed E-state index contributed by atoms with van der Waals surface area (Å²) in [5.74, 6) is -1.23. The number of rotatable bonds is 2. The van der Waals surface area contributed by atoms with Crippen LogP contribution in [0.15, 0.2) is 18.2 Å². The molecule has 0 fully saturated rings. The Morgan fingerprint density at radius 2 is 2.25 bits per heavy atom. The van der Waals surface area contributed by atoms with Gasteiger partial charge in [0, 0.05) is 13.5 Å². The van der Waals surface area contributed by atoms with E-state index in [4.69, 9.17) is 9.84 Å². The Labute approximate surface area is 92.9 Å². The highest BCUT2D eigenvalue weighted by Crippen LogP contribution is 2.31. The molecule has 1 unspecified atom stereocenters. The van der Waals surface area contributed by atoms with E-state index in [1.54, 1.807) is 6.07 Å². The number of ether oxygens (including phenoxy) is 1. The van der Waals surface area contributed by atoms with Gasteiger partial charge in [-0.1, -0.05) is 6.07 Å². The summed E-state index contributed by atoms with van der Waals surface area (Å²) < 4.78 is 18.1. The van der Waals surface area contributed by atoms with E-state index >= 15 is 0 Å². The third kappa shape index (κ3) is 1.69. The molecule has 1 atom stereocenters. The van der Waals surface area contributed by atoms with Crippen LogP contribution in [0.5, 0.6) is 0 Å². The van der Waals surface area contributed by atoms with Gasteiger partial charge in [-0.15, -0.1) is 0 Å². The number of benzene rings is 1. The topological polar surface area (TPSA) is 46.5 Å². The fourth-order valence-corrected chi connectivity index (χ4v) is 2.18. The molecule has 16 heavy (non-hydrogen) atoms. The molecule has 0 aliphatic heterocycles. The van der Waals surface area contributed by atoms with E-state index in [-0.39, 0.29) is 5.82 Å². The van der Waals surface area contributed by atoms with Gasteiger partial charge in [-0.05, 0) is 36.1 Å². The molecule has 0 aromatic heterocycles. The van der Waals surface area contributed by atoms with E-state index in [0.717, 1.165) is 11.1 Å². The maximum absolute atomic E-state index is 13.0. The second kappa shape index (κ2) is 3.87. The van der Waals surface area contributed by atoms with Crippen LogP contribution in [0.25, 0.3) is 0 Å². The molecule has 0 saturated carbocycles. The normalized spacial score (nSPS) is 23.9. The van der Waals surface area contributed by atoms with Crippen LogP contribution in [0.1, 0.15) is 17.5 Å². The third-order valence-corrected chi connectivity index (χ3v) is 3.22. The second-order valence-electron chi connectivity index (χ2n) is 4.09. The molecule has 3 nitrogen and oxygen atoms in total. The number of carboxylic acid groups (broad SMARTS) is 1. The molecule has 0 amide bonds. The van der Waals surface area contributed by atoms with Gasteiger partial charge < -0.3 is 9.84 Å². The first-order valence-electron chi connectivity index (χ1n) is 5.13. The Kier molecular flexibility index (Phi) is 2.68. The van der Waals surface area contributed by atoms with E-state index in [1.165, 1.54) is 19.2 Å². The zero-order valence-electron chi connectivity index (χ0n) is 9.00. The summed E-state index contributed by atoms with van der Waals surface area (Å²) in [6.07, 6.45) is 1.22. The number of aryl methyl sites for hydroxylation is 1. The van der Waals surface area contributed by atoms with Crippen LogP contribution in [0.2, 0.25) is 0 Å². The van der Waals surface area contributed by atoms with Gasteiger partial charge in [-0.2, -0.15) is 0 Å². The van der Waals surface area contributed by atoms with Crippen molar-refractivity contribution in [1.29, 1.82) is 0 Å². The zero-order chi connectivity index (χ0) is 11.8. The summed E-state index contributed by atoms with van der Waals surface area (Å²) >= 11 is 0. The van der Waals surface area contributed by atoms with Crippen molar-refractivity contribution in [3.8, 4) is 0 Å². The van der Waals surface area contributed by atoms with Gasteiger partial charge in [0.05, 0.1) is 0 Å². The monoisotopic (exact) mass is 224 g/mol. The molecule has 0 bridgehead atoms. The summed E-state index contributed by atoms with van der Waals surface area (Å²) in [5, 5.41) is 9.17. The van der Waals surface area contributed by atoms with Crippen molar-refractivity contribution in [1.82, 2.24) is 0 Å². The van der Waals surface area contributed by atoms with Crippen molar-refractivity contribution < 1.29 is 19.0 Å². The molecule has 86 valence electrons. The van der Waals surface area contributed by atoms with Crippen LogP contribution in [-0.2, 0) is 22.4 Å². The minimum Gasteiger partial charge on any atom is -0.479 e. The van der Waals surface area contributed by atoms with E-state index in [9.17, 15) is 9.18 Å². The Bertz CT molecular complexity index is 430. The Hall–Kier alpha value is -1.42. The van der Waals surface area contributed by atoms with Crippen LogP contribution in [-0.4, -0.2) is 23.8 Å². The van der Waals surface area contributed by atoms with E-state index in [1.807, 2.05) is 0 Å². The Morgan fingerprint density at radius 3 is 2.88 bits per heavy atom. The van der Waals surface area contributed by atoms with Crippen molar-refractivity contribution in [2.75, 3.05) is 7.11 Å². The number of halogens is 1. The minimum atomic E-state index is -1.15. The molecule has 1 aromatic rings. The number of methoxy groups -OCH3 is 1. The first kappa shape index (κ1) is 11.1. The molecular weight excluding hydrogens is 211 g/mol. The largest absolute Gasteiger partial charge is 0.479 e. The maximum atomic E-state index is 13.0. The summed E-state index contributed by atoms with van der Waals surface area (Å²) in [4.78, 5) is 11.2. The summed E-state index contributed by atoms with van der Waals surface area (Å²) in [5.41, 5.74) is 0.594. The number of carboxylic acids is 1. The van der Waals surface area contributed by atoms with Gasteiger partial charge in [0.25, 0.3) is 0 Å². The fraction of sp³-hybridized carbons (Fsp3) is 0.417. The van der Waals surface area contributed by atoms with Gasteiger partial charge in [-0.3, -0.25) is 0 Å².